The topological polar surface area (TPSA) is 154 Å². The van der Waals surface area contributed by atoms with E-state index in [0.717, 1.165) is 11.6 Å². The van der Waals surface area contributed by atoms with Crippen LogP contribution in [0.1, 0.15) is 37.9 Å². The number of carboxylic acid groups (broad SMARTS) is 1. The molecule has 0 aliphatic carbocycles. The fraction of sp³-hybridized carbons (Fsp3) is 0.273. The Labute approximate surface area is 268 Å². The van der Waals surface area contributed by atoms with Crippen LogP contribution in [0.5, 0.6) is 28.7 Å². The fourth-order valence-electron chi connectivity index (χ4n) is 5.07. The summed E-state index contributed by atoms with van der Waals surface area (Å²) in [5, 5.41) is 19.3. The highest BCUT2D eigenvalue weighted by atomic mass is 32.1. The number of carboxylic acids is 1. The van der Waals surface area contributed by atoms with E-state index in [1.807, 2.05) is 19.9 Å². The van der Waals surface area contributed by atoms with Crippen LogP contribution in [0.4, 0.5) is 5.13 Å². The molecule has 1 saturated heterocycles. The molecule has 4 aromatic rings. The molecule has 0 radical (unpaired) electrons. The number of aliphatic hydroxyl groups excluding tert-OH is 1. The van der Waals surface area contributed by atoms with Crippen molar-refractivity contribution in [3.63, 3.8) is 0 Å². The second-order valence-corrected chi connectivity index (χ2v) is 11.0. The molecule has 12 nitrogen and oxygen atoms in total. The van der Waals surface area contributed by atoms with Gasteiger partial charge in [0, 0.05) is 12.5 Å². The van der Waals surface area contributed by atoms with Crippen molar-refractivity contribution in [1.29, 1.82) is 0 Å². The largest absolute Gasteiger partial charge is 0.507 e. The first-order valence-electron chi connectivity index (χ1n) is 14.4. The Morgan fingerprint density at radius 1 is 0.957 bits per heavy atom. The van der Waals surface area contributed by atoms with Crippen molar-refractivity contribution in [2.75, 3.05) is 38.4 Å². The van der Waals surface area contributed by atoms with E-state index in [0.29, 0.717) is 77.0 Å². The molecule has 3 aromatic carbocycles. The molecule has 2 aliphatic heterocycles. The van der Waals surface area contributed by atoms with Crippen LogP contribution in [0, 0.1) is 0 Å². The number of fused-ring (bicyclic) bond motifs is 2. The quantitative estimate of drug-likeness (QED) is 0.140. The maximum Gasteiger partial charge on any atom is 0.301 e. The summed E-state index contributed by atoms with van der Waals surface area (Å²) in [5.74, 6) is -0.243. The average Bonchev–Trinajstić information content (AvgIpc) is 3.58. The average molecular weight is 649 g/mol. The Morgan fingerprint density at radius 3 is 2.37 bits per heavy atom. The number of rotatable bonds is 8. The number of carbonyl (C=O) groups is 3. The molecule has 3 heterocycles. The number of hydrogen-bond donors (Lipinski definition) is 2. The van der Waals surface area contributed by atoms with E-state index in [1.165, 1.54) is 23.3 Å². The third kappa shape index (κ3) is 6.40. The van der Waals surface area contributed by atoms with Crippen molar-refractivity contribution < 1.29 is 48.3 Å². The van der Waals surface area contributed by atoms with Gasteiger partial charge in [-0.3, -0.25) is 19.3 Å². The van der Waals surface area contributed by atoms with Crippen LogP contribution in [0.3, 0.4) is 0 Å². The molecule has 1 atom stereocenters. The molecule has 2 N–H and O–H groups in total. The number of amides is 1. The normalized spacial score (nSPS) is 16.5. The smallest absolute Gasteiger partial charge is 0.301 e. The number of ketones is 1. The zero-order valence-electron chi connectivity index (χ0n) is 25.6. The molecule has 1 aromatic heterocycles. The van der Waals surface area contributed by atoms with E-state index >= 15 is 0 Å². The van der Waals surface area contributed by atoms with Crippen molar-refractivity contribution in [1.82, 2.24) is 4.98 Å². The molecule has 240 valence electrons. The summed E-state index contributed by atoms with van der Waals surface area (Å²) >= 11 is 1.25. The van der Waals surface area contributed by atoms with E-state index in [9.17, 15) is 14.7 Å². The number of anilines is 1. The highest BCUT2D eigenvalue weighted by Crippen LogP contribution is 2.46. The van der Waals surface area contributed by atoms with Crippen molar-refractivity contribution in [3.05, 3.63) is 71.3 Å². The van der Waals surface area contributed by atoms with Crippen LogP contribution >= 0.6 is 11.3 Å². The molecule has 2 aliphatic rings. The van der Waals surface area contributed by atoms with Gasteiger partial charge in [-0.2, -0.15) is 0 Å². The number of thiazole rings is 1. The number of carbonyl (C=O) groups excluding carboxylic acids is 2. The second-order valence-electron chi connectivity index (χ2n) is 9.95. The van der Waals surface area contributed by atoms with E-state index in [2.05, 4.69) is 4.98 Å². The maximum absolute atomic E-state index is 13.7. The lowest BCUT2D eigenvalue weighted by Gasteiger charge is -2.24. The van der Waals surface area contributed by atoms with E-state index in [1.54, 1.807) is 48.5 Å². The van der Waals surface area contributed by atoms with Gasteiger partial charge in [0.15, 0.2) is 28.1 Å². The maximum atomic E-state index is 13.7. The number of hydrogen-bond acceptors (Lipinski definition) is 11. The number of methoxy groups -OCH3 is 1. The zero-order valence-corrected chi connectivity index (χ0v) is 26.4. The molecule has 13 heteroatoms. The van der Waals surface area contributed by atoms with Gasteiger partial charge in [-0.05, 0) is 67.9 Å². The van der Waals surface area contributed by atoms with Crippen molar-refractivity contribution in [3.8, 4) is 28.7 Å². The number of nitrogens with zero attached hydrogens (tertiary/aromatic N) is 2. The summed E-state index contributed by atoms with van der Waals surface area (Å²) in [4.78, 5) is 42.4. The Kier molecular flexibility index (Phi) is 9.61. The molecular formula is C33H32N2O10S. The number of ether oxygens (including phenoxy) is 5. The third-order valence-electron chi connectivity index (χ3n) is 6.93. The van der Waals surface area contributed by atoms with Gasteiger partial charge in [0.1, 0.15) is 24.7 Å². The van der Waals surface area contributed by atoms with Crippen LogP contribution in [-0.4, -0.2) is 66.4 Å². The van der Waals surface area contributed by atoms with E-state index < -0.39 is 23.7 Å². The monoisotopic (exact) mass is 648 g/mol. The van der Waals surface area contributed by atoms with Gasteiger partial charge in [0.2, 0.25) is 0 Å². The van der Waals surface area contributed by atoms with Gasteiger partial charge < -0.3 is 33.9 Å². The summed E-state index contributed by atoms with van der Waals surface area (Å²) in [6, 6.07) is 14.5. The Hall–Kier alpha value is -5.30. The summed E-state index contributed by atoms with van der Waals surface area (Å²) in [5.41, 5.74) is 1.40. The van der Waals surface area contributed by atoms with Gasteiger partial charge in [-0.25, -0.2) is 4.98 Å². The summed E-state index contributed by atoms with van der Waals surface area (Å²) in [7, 11) is 1.51. The summed E-state index contributed by atoms with van der Waals surface area (Å²) < 4.78 is 29.0. The van der Waals surface area contributed by atoms with Gasteiger partial charge in [-0.1, -0.05) is 17.4 Å². The molecule has 1 amide bonds. The van der Waals surface area contributed by atoms with Gasteiger partial charge in [0.25, 0.3) is 11.8 Å². The first-order valence-corrected chi connectivity index (χ1v) is 15.2. The number of Topliss-reactive ketones (excluding diaryl/α,β-unsaturated/α-hetero) is 1. The number of benzene rings is 3. The second kappa shape index (κ2) is 13.8. The fourth-order valence-corrected chi connectivity index (χ4v) is 6.09. The van der Waals surface area contributed by atoms with Crippen LogP contribution in [0.2, 0.25) is 0 Å². The molecular weight excluding hydrogens is 616 g/mol. The Balaban J connectivity index is 0.000000985. The van der Waals surface area contributed by atoms with Crippen molar-refractivity contribution >= 4 is 50.1 Å². The molecule has 0 saturated carbocycles. The SMILES string of the molecule is CC(=O)O.CCOc1ccc2nc(N3C(=O)C(=O)/C(=C(/O)c4ccc5c(c4)OCCO5)C3c3ccc(OCC)c(OC)c3)sc2c1. The van der Waals surface area contributed by atoms with Gasteiger partial charge >= 0.3 is 5.91 Å². The predicted molar refractivity (Wildman–Crippen MR) is 170 cm³/mol. The third-order valence-corrected chi connectivity index (χ3v) is 7.95. The highest BCUT2D eigenvalue weighted by molar-refractivity contribution is 7.22. The minimum Gasteiger partial charge on any atom is -0.507 e. The lowest BCUT2D eigenvalue weighted by molar-refractivity contribution is -0.134. The van der Waals surface area contributed by atoms with Crippen LogP contribution in [-0.2, 0) is 14.4 Å². The van der Waals surface area contributed by atoms with Crippen molar-refractivity contribution in [2.45, 2.75) is 26.8 Å². The summed E-state index contributed by atoms with van der Waals surface area (Å²) in [6.07, 6.45) is 0. The highest BCUT2D eigenvalue weighted by Gasteiger charge is 2.48. The summed E-state index contributed by atoms with van der Waals surface area (Å²) in [6.45, 7) is 6.54. The Morgan fingerprint density at radius 2 is 1.67 bits per heavy atom. The molecule has 46 heavy (non-hydrogen) atoms. The molecule has 1 fully saturated rings. The number of aliphatic carboxylic acids is 1. The molecule has 6 rings (SSSR count). The minimum absolute atomic E-state index is 0.0860. The lowest BCUT2D eigenvalue weighted by Crippen LogP contribution is -2.29. The van der Waals surface area contributed by atoms with Crippen LogP contribution in [0.25, 0.3) is 16.0 Å². The van der Waals surface area contributed by atoms with E-state index in [-0.39, 0.29) is 11.3 Å². The Bertz CT molecular complexity index is 1830. The first kappa shape index (κ1) is 32.1. The van der Waals surface area contributed by atoms with Crippen LogP contribution in [0.15, 0.2) is 60.2 Å². The number of aliphatic hydroxyl groups is 1. The molecule has 1 unspecified atom stereocenters. The minimum atomic E-state index is -1.00. The first-order chi connectivity index (χ1) is 22.2. The number of aromatic nitrogens is 1. The zero-order chi connectivity index (χ0) is 33.0. The van der Waals surface area contributed by atoms with Gasteiger partial charge in [0.05, 0.1) is 42.2 Å². The predicted octanol–water partition coefficient (Wildman–Crippen LogP) is 5.59. The van der Waals surface area contributed by atoms with Gasteiger partial charge in [-0.15, -0.1) is 0 Å². The van der Waals surface area contributed by atoms with Crippen LogP contribution < -0.4 is 28.6 Å². The lowest BCUT2D eigenvalue weighted by atomic mass is 9.95. The molecule has 0 bridgehead atoms. The van der Waals surface area contributed by atoms with Crippen molar-refractivity contribution in [2.24, 2.45) is 0 Å². The van der Waals surface area contributed by atoms with E-state index in [4.69, 9.17) is 33.6 Å². The standard InChI is InChI=1S/C31H28N2O8S.C2H4O2/c1-4-38-19-8-9-20-25(16-19)42-31(32-20)33-27(17-6-10-21(39-5-2)23(14-17)37-3)26(29(35)30(33)36)28(34)18-7-11-22-24(15-18)41-13-12-40-22;1-2(3)4/h6-11,14-16,27,34H,4-5,12-13H2,1-3H3;1H3,(H,3,4)/b28-26+;. The molecule has 0 spiro atoms.